The van der Waals surface area contributed by atoms with Crippen LogP contribution in [0.1, 0.15) is 19.8 Å². The maximum Gasteiger partial charge on any atom is 0.194 e. The van der Waals surface area contributed by atoms with E-state index in [9.17, 15) is 0 Å². The van der Waals surface area contributed by atoms with Crippen molar-refractivity contribution in [1.29, 1.82) is 0 Å². The molecule has 0 radical (unpaired) electrons. The van der Waals surface area contributed by atoms with Gasteiger partial charge in [-0.1, -0.05) is 18.2 Å². The Morgan fingerprint density at radius 2 is 1.83 bits per heavy atom. The lowest BCUT2D eigenvalue weighted by Gasteiger charge is -2.42. The molecule has 0 unspecified atom stereocenters. The summed E-state index contributed by atoms with van der Waals surface area (Å²) in [6, 6.07) is 10.1. The van der Waals surface area contributed by atoms with Gasteiger partial charge >= 0.3 is 0 Å². The van der Waals surface area contributed by atoms with Crippen LogP contribution < -0.4 is 10.1 Å². The molecule has 2 fully saturated rings. The quantitative estimate of drug-likeness (QED) is 0.514. The summed E-state index contributed by atoms with van der Waals surface area (Å²) in [5.41, 5.74) is 0.107. The van der Waals surface area contributed by atoms with Gasteiger partial charge in [0.1, 0.15) is 12.4 Å². The van der Waals surface area contributed by atoms with Crippen LogP contribution in [0.2, 0.25) is 0 Å². The number of nitrogens with one attached hydrogen (secondary N) is 1. The molecule has 7 nitrogen and oxygen atoms in total. The van der Waals surface area contributed by atoms with E-state index in [4.69, 9.17) is 14.5 Å². The van der Waals surface area contributed by atoms with Gasteiger partial charge in [0.05, 0.1) is 6.54 Å². The van der Waals surface area contributed by atoms with E-state index in [-0.39, 0.29) is 5.54 Å². The number of rotatable bonds is 8. The number of piperazine rings is 1. The number of nitrogens with zero attached hydrogens (tertiary/aromatic N) is 4. The average Bonchev–Trinajstić information content (AvgIpc) is 2.78. The first-order valence-electron chi connectivity index (χ1n) is 11.3. The first-order valence-corrected chi connectivity index (χ1v) is 11.3. The summed E-state index contributed by atoms with van der Waals surface area (Å²) >= 11 is 0. The third-order valence-electron chi connectivity index (χ3n) is 6.32. The monoisotopic (exact) mass is 417 g/mol. The van der Waals surface area contributed by atoms with Gasteiger partial charge in [-0.2, -0.15) is 0 Å². The Bertz CT molecular complexity index is 638. The topological polar surface area (TPSA) is 52.6 Å². The van der Waals surface area contributed by atoms with E-state index in [0.29, 0.717) is 0 Å². The second kappa shape index (κ2) is 11.5. The van der Waals surface area contributed by atoms with Crippen molar-refractivity contribution in [2.75, 3.05) is 79.7 Å². The lowest BCUT2D eigenvalue weighted by molar-refractivity contribution is -0.00268. The van der Waals surface area contributed by atoms with Crippen LogP contribution in [0.15, 0.2) is 35.3 Å². The summed E-state index contributed by atoms with van der Waals surface area (Å²) in [5, 5.41) is 3.51. The minimum absolute atomic E-state index is 0.107. The Kier molecular flexibility index (Phi) is 8.78. The molecule has 7 heteroatoms. The third kappa shape index (κ3) is 6.33. The van der Waals surface area contributed by atoms with Crippen LogP contribution in [0.4, 0.5) is 0 Å². The highest BCUT2D eigenvalue weighted by molar-refractivity contribution is 5.80. The zero-order valence-corrected chi connectivity index (χ0v) is 19.0. The zero-order chi connectivity index (χ0) is 21.2. The lowest BCUT2D eigenvalue weighted by atomic mass is 9.89. The normalized spacial score (nSPS) is 20.4. The molecular weight excluding hydrogens is 378 g/mol. The third-order valence-corrected chi connectivity index (χ3v) is 6.32. The predicted molar refractivity (Wildman–Crippen MR) is 122 cm³/mol. The molecule has 0 saturated carbocycles. The number of hydrogen-bond acceptors (Lipinski definition) is 5. The maximum absolute atomic E-state index is 5.85. The molecule has 0 atom stereocenters. The molecule has 168 valence electrons. The van der Waals surface area contributed by atoms with Gasteiger partial charge in [-0.3, -0.25) is 9.89 Å². The Labute approximate surface area is 182 Å². The fourth-order valence-electron chi connectivity index (χ4n) is 4.14. The Hall–Kier alpha value is -1.83. The second-order valence-electron chi connectivity index (χ2n) is 8.39. The van der Waals surface area contributed by atoms with Gasteiger partial charge in [0.2, 0.25) is 0 Å². The minimum atomic E-state index is 0.107. The van der Waals surface area contributed by atoms with Crippen LogP contribution in [0.25, 0.3) is 0 Å². The predicted octanol–water partition coefficient (Wildman–Crippen LogP) is 1.76. The molecule has 0 spiro atoms. The number of benzene rings is 1. The largest absolute Gasteiger partial charge is 0.492 e. The molecule has 1 aromatic rings. The molecule has 1 N–H and O–H groups in total. The average molecular weight is 418 g/mol. The van der Waals surface area contributed by atoms with E-state index in [1.165, 1.54) is 0 Å². The van der Waals surface area contributed by atoms with Crippen LogP contribution in [0, 0.1) is 0 Å². The number of hydrogen-bond donors (Lipinski definition) is 1. The number of ether oxygens (including phenoxy) is 2. The van der Waals surface area contributed by atoms with Gasteiger partial charge in [0, 0.05) is 58.0 Å². The lowest BCUT2D eigenvalue weighted by Crippen LogP contribution is -2.54. The zero-order valence-electron chi connectivity index (χ0n) is 19.0. The minimum Gasteiger partial charge on any atom is -0.492 e. The summed E-state index contributed by atoms with van der Waals surface area (Å²) in [6.45, 7) is 11.3. The molecule has 0 aliphatic carbocycles. The summed E-state index contributed by atoms with van der Waals surface area (Å²) in [6.07, 6.45) is 2.08. The van der Waals surface area contributed by atoms with Crippen LogP contribution in [0.3, 0.4) is 0 Å². The molecule has 0 bridgehead atoms. The fourth-order valence-corrected chi connectivity index (χ4v) is 4.14. The molecule has 2 heterocycles. The fraction of sp³-hybridized carbons (Fsp3) is 0.696. The van der Waals surface area contributed by atoms with Crippen molar-refractivity contribution >= 4 is 5.96 Å². The standard InChI is InChI=1S/C23H39N5O2/c1-4-24-22(25-20-23(26(2)3)10-17-29-18-11-23)28-14-12-27(13-15-28)16-19-30-21-8-6-5-7-9-21/h5-9H,4,10-20H2,1-3H3,(H,24,25). The number of para-hydroxylation sites is 1. The van der Waals surface area contributed by atoms with Crippen molar-refractivity contribution in [1.82, 2.24) is 20.0 Å². The van der Waals surface area contributed by atoms with Crippen molar-refractivity contribution in [2.24, 2.45) is 4.99 Å². The highest BCUT2D eigenvalue weighted by Crippen LogP contribution is 2.26. The summed E-state index contributed by atoms with van der Waals surface area (Å²) in [5.74, 6) is 1.99. The summed E-state index contributed by atoms with van der Waals surface area (Å²) in [4.78, 5) is 12.3. The molecule has 2 saturated heterocycles. The van der Waals surface area contributed by atoms with Gasteiger partial charge in [-0.05, 0) is 46.0 Å². The molecule has 30 heavy (non-hydrogen) atoms. The molecule has 1 aromatic carbocycles. The first-order chi connectivity index (χ1) is 14.6. The second-order valence-corrected chi connectivity index (χ2v) is 8.39. The van der Waals surface area contributed by atoms with Crippen LogP contribution >= 0.6 is 0 Å². The van der Waals surface area contributed by atoms with E-state index < -0.39 is 0 Å². The van der Waals surface area contributed by atoms with Gasteiger partial charge in [0.25, 0.3) is 0 Å². The maximum atomic E-state index is 5.85. The van der Waals surface area contributed by atoms with E-state index >= 15 is 0 Å². The smallest absolute Gasteiger partial charge is 0.194 e. The highest BCUT2D eigenvalue weighted by Gasteiger charge is 2.35. The van der Waals surface area contributed by atoms with E-state index in [0.717, 1.165) is 90.2 Å². The molecule has 0 aromatic heterocycles. The van der Waals surface area contributed by atoms with Crippen LogP contribution in [-0.4, -0.2) is 106 Å². The highest BCUT2D eigenvalue weighted by atomic mass is 16.5. The molecular formula is C23H39N5O2. The molecule has 2 aliphatic rings. The molecule has 2 aliphatic heterocycles. The van der Waals surface area contributed by atoms with Crippen LogP contribution in [-0.2, 0) is 4.74 Å². The van der Waals surface area contributed by atoms with Crippen molar-refractivity contribution in [3.63, 3.8) is 0 Å². The molecule has 0 amide bonds. The van der Waals surface area contributed by atoms with Gasteiger partial charge in [-0.15, -0.1) is 0 Å². The van der Waals surface area contributed by atoms with E-state index in [2.05, 4.69) is 41.0 Å². The SMILES string of the molecule is CCNC(=NCC1(N(C)C)CCOCC1)N1CCN(CCOc2ccccc2)CC1. The Morgan fingerprint density at radius 1 is 1.13 bits per heavy atom. The Morgan fingerprint density at radius 3 is 2.47 bits per heavy atom. The number of aliphatic imine (C=N–C) groups is 1. The Balaban J connectivity index is 1.49. The molecule has 3 rings (SSSR count). The first kappa shape index (κ1) is 22.8. The number of guanidine groups is 1. The van der Waals surface area contributed by atoms with Crippen LogP contribution in [0.5, 0.6) is 5.75 Å². The van der Waals surface area contributed by atoms with Crippen molar-refractivity contribution < 1.29 is 9.47 Å². The van der Waals surface area contributed by atoms with Gasteiger partial charge < -0.3 is 24.6 Å². The van der Waals surface area contributed by atoms with E-state index in [1.807, 2.05) is 30.3 Å². The van der Waals surface area contributed by atoms with Crippen molar-refractivity contribution in [2.45, 2.75) is 25.3 Å². The van der Waals surface area contributed by atoms with Gasteiger partial charge in [0.15, 0.2) is 5.96 Å². The summed E-state index contributed by atoms with van der Waals surface area (Å²) < 4.78 is 11.5. The van der Waals surface area contributed by atoms with Crippen molar-refractivity contribution in [3.05, 3.63) is 30.3 Å². The van der Waals surface area contributed by atoms with Crippen molar-refractivity contribution in [3.8, 4) is 5.75 Å². The summed E-state index contributed by atoms with van der Waals surface area (Å²) in [7, 11) is 4.34. The van der Waals surface area contributed by atoms with Gasteiger partial charge in [-0.25, -0.2) is 0 Å². The number of likely N-dealkylation sites (N-methyl/N-ethyl adjacent to an activating group) is 1. The van der Waals surface area contributed by atoms with E-state index in [1.54, 1.807) is 0 Å².